The van der Waals surface area contributed by atoms with Crippen molar-refractivity contribution in [1.82, 2.24) is 4.90 Å². The number of benzene rings is 1. The molecule has 3 rings (SSSR count). The molecule has 1 saturated heterocycles. The molecular weight excluding hydrogens is 244 g/mol. The molecule has 2 heterocycles. The lowest BCUT2D eigenvalue weighted by Gasteiger charge is -2.45. The second-order valence-electron chi connectivity index (χ2n) is 5.04. The number of hydrogen-bond acceptors (Lipinski definition) is 3. The number of carbonyl (C=O) groups is 1. The largest absolute Gasteiger partial charge is 0.464 e. The normalized spacial score (nSPS) is 17.3. The van der Waals surface area contributed by atoms with Crippen LogP contribution in [0.15, 0.2) is 34.9 Å². The summed E-state index contributed by atoms with van der Waals surface area (Å²) in [6, 6.07) is 7.20. The summed E-state index contributed by atoms with van der Waals surface area (Å²) < 4.78 is 5.29. The van der Waals surface area contributed by atoms with Crippen molar-refractivity contribution in [2.24, 2.45) is 0 Å². The van der Waals surface area contributed by atoms with Gasteiger partial charge in [0, 0.05) is 17.1 Å². The fourth-order valence-corrected chi connectivity index (χ4v) is 2.27. The molecule has 0 radical (unpaired) electrons. The van der Waals surface area contributed by atoms with Crippen LogP contribution in [0.4, 0.5) is 10.5 Å². The molecule has 0 atom stereocenters. The van der Waals surface area contributed by atoms with E-state index in [1.165, 1.54) is 0 Å². The molecule has 5 heteroatoms. The summed E-state index contributed by atoms with van der Waals surface area (Å²) in [5, 5.41) is 13.7. The van der Waals surface area contributed by atoms with Gasteiger partial charge in [-0.15, -0.1) is 0 Å². The molecular formula is C14H16N2O3. The number of carbonyl (C=O) groups excluding carboxylic acids is 1. The number of aliphatic hydroxyl groups is 1. The number of hydrogen-bond donors (Lipinski definition) is 2. The minimum absolute atomic E-state index is 0.191. The summed E-state index contributed by atoms with van der Waals surface area (Å²) in [6.07, 6.45) is 2.28. The van der Waals surface area contributed by atoms with Gasteiger partial charge >= 0.3 is 6.03 Å². The Hall–Kier alpha value is -2.01. The zero-order valence-corrected chi connectivity index (χ0v) is 10.7. The lowest BCUT2D eigenvalue weighted by molar-refractivity contribution is -0.0755. The van der Waals surface area contributed by atoms with Gasteiger partial charge in [0.25, 0.3) is 0 Å². The summed E-state index contributed by atoms with van der Waals surface area (Å²) in [6.45, 7) is 2.69. The third kappa shape index (κ3) is 2.17. The molecule has 1 aliphatic rings. The lowest BCUT2D eigenvalue weighted by atomic mass is 9.92. The first-order valence-electron chi connectivity index (χ1n) is 6.35. The molecule has 1 aliphatic heterocycles. The first-order valence-corrected chi connectivity index (χ1v) is 6.35. The van der Waals surface area contributed by atoms with E-state index >= 15 is 0 Å². The van der Waals surface area contributed by atoms with E-state index in [4.69, 9.17) is 4.42 Å². The van der Waals surface area contributed by atoms with E-state index < -0.39 is 5.60 Å². The summed E-state index contributed by atoms with van der Waals surface area (Å²) >= 11 is 0. The van der Waals surface area contributed by atoms with Crippen LogP contribution in [-0.2, 0) is 0 Å². The number of amides is 2. The Bertz CT molecular complexity index is 614. The number of nitrogens with one attached hydrogen (secondary N) is 1. The molecule has 5 nitrogen and oxygen atoms in total. The smallest absolute Gasteiger partial charge is 0.322 e. The van der Waals surface area contributed by atoms with E-state index in [-0.39, 0.29) is 6.03 Å². The van der Waals surface area contributed by atoms with Crippen molar-refractivity contribution in [3.8, 4) is 0 Å². The van der Waals surface area contributed by atoms with Crippen molar-refractivity contribution in [3.63, 3.8) is 0 Å². The van der Waals surface area contributed by atoms with Crippen LogP contribution in [0.1, 0.15) is 13.3 Å². The van der Waals surface area contributed by atoms with Crippen molar-refractivity contribution in [2.45, 2.75) is 18.9 Å². The van der Waals surface area contributed by atoms with Crippen molar-refractivity contribution in [2.75, 3.05) is 18.4 Å². The van der Waals surface area contributed by atoms with Crippen molar-refractivity contribution >= 4 is 22.7 Å². The molecule has 2 aromatic rings. The molecule has 1 aromatic carbocycles. The third-order valence-corrected chi connectivity index (χ3v) is 3.62. The fraction of sp³-hybridized carbons (Fsp3) is 0.357. The van der Waals surface area contributed by atoms with Gasteiger partial charge in [-0.25, -0.2) is 4.79 Å². The first-order chi connectivity index (χ1) is 9.09. The fourth-order valence-electron chi connectivity index (χ4n) is 2.27. The lowest BCUT2D eigenvalue weighted by Crippen LogP contribution is -2.63. The molecule has 0 unspecified atom stereocenters. The Labute approximate surface area is 110 Å². The summed E-state index contributed by atoms with van der Waals surface area (Å²) in [4.78, 5) is 13.5. The number of anilines is 1. The molecule has 19 heavy (non-hydrogen) atoms. The standard InChI is InChI=1S/C14H16N2O3/c1-2-14(18)8-16(9-14)13(17)15-11-4-3-10-5-6-19-12(10)7-11/h3-7,18H,2,8-9H2,1H3,(H,15,17). The second-order valence-corrected chi connectivity index (χ2v) is 5.04. The maximum atomic E-state index is 11.9. The predicted molar refractivity (Wildman–Crippen MR) is 72.0 cm³/mol. The number of likely N-dealkylation sites (tertiary alicyclic amines) is 1. The number of fused-ring (bicyclic) bond motifs is 1. The SMILES string of the molecule is CCC1(O)CN(C(=O)Nc2ccc3ccoc3c2)C1. The summed E-state index contributed by atoms with van der Waals surface area (Å²) in [5.41, 5.74) is 0.730. The zero-order chi connectivity index (χ0) is 13.5. The molecule has 100 valence electrons. The second kappa shape index (κ2) is 4.28. The van der Waals surface area contributed by atoms with Crippen molar-refractivity contribution < 1.29 is 14.3 Å². The summed E-state index contributed by atoms with van der Waals surface area (Å²) in [7, 11) is 0. The predicted octanol–water partition coefficient (Wildman–Crippen LogP) is 2.42. The molecule has 0 saturated carbocycles. The topological polar surface area (TPSA) is 65.7 Å². The molecule has 0 aliphatic carbocycles. The van der Waals surface area contributed by atoms with Gasteiger partial charge in [0.15, 0.2) is 0 Å². The van der Waals surface area contributed by atoms with Crippen molar-refractivity contribution in [1.29, 1.82) is 0 Å². The monoisotopic (exact) mass is 260 g/mol. The minimum Gasteiger partial charge on any atom is -0.464 e. The average Bonchev–Trinajstić information content (AvgIpc) is 2.82. The zero-order valence-electron chi connectivity index (χ0n) is 10.7. The van der Waals surface area contributed by atoms with Gasteiger partial charge in [0.1, 0.15) is 5.58 Å². The summed E-state index contributed by atoms with van der Waals surface area (Å²) in [5.74, 6) is 0. The number of urea groups is 1. The highest BCUT2D eigenvalue weighted by Crippen LogP contribution is 2.25. The van der Waals surface area contributed by atoms with Gasteiger partial charge in [0.2, 0.25) is 0 Å². The third-order valence-electron chi connectivity index (χ3n) is 3.62. The Kier molecular flexibility index (Phi) is 2.71. The van der Waals surface area contributed by atoms with Gasteiger partial charge < -0.3 is 19.7 Å². The van der Waals surface area contributed by atoms with Gasteiger partial charge in [-0.05, 0) is 24.6 Å². The quantitative estimate of drug-likeness (QED) is 0.871. The van der Waals surface area contributed by atoms with E-state index in [1.807, 2.05) is 25.1 Å². The molecule has 2 N–H and O–H groups in total. The van der Waals surface area contributed by atoms with Crippen LogP contribution in [0.3, 0.4) is 0 Å². The van der Waals surface area contributed by atoms with E-state index in [0.717, 1.165) is 11.0 Å². The van der Waals surface area contributed by atoms with E-state index in [9.17, 15) is 9.90 Å². The molecule has 1 fully saturated rings. The van der Waals surface area contributed by atoms with Crippen LogP contribution < -0.4 is 5.32 Å². The van der Waals surface area contributed by atoms with E-state index in [0.29, 0.717) is 25.2 Å². The number of rotatable bonds is 2. The number of nitrogens with zero attached hydrogens (tertiary/aromatic N) is 1. The van der Waals surface area contributed by atoms with Crippen LogP contribution in [0.2, 0.25) is 0 Å². The van der Waals surface area contributed by atoms with Crippen LogP contribution >= 0.6 is 0 Å². The van der Waals surface area contributed by atoms with Crippen LogP contribution in [-0.4, -0.2) is 34.7 Å². The average molecular weight is 260 g/mol. The minimum atomic E-state index is -0.706. The molecule has 0 spiro atoms. The maximum Gasteiger partial charge on any atom is 0.322 e. The van der Waals surface area contributed by atoms with Crippen molar-refractivity contribution in [3.05, 3.63) is 30.5 Å². The van der Waals surface area contributed by atoms with Gasteiger partial charge in [-0.3, -0.25) is 0 Å². The molecule has 0 bridgehead atoms. The van der Waals surface area contributed by atoms with Gasteiger partial charge in [-0.1, -0.05) is 6.92 Å². The first kappa shape index (κ1) is 12.0. The Balaban J connectivity index is 1.66. The number of β-amino-alcohol motifs (C(OH)–C–C–N with tert-alkyl or cyclic N) is 1. The van der Waals surface area contributed by atoms with Crippen LogP contribution in [0, 0.1) is 0 Å². The number of furan rings is 1. The highest BCUT2D eigenvalue weighted by atomic mass is 16.3. The van der Waals surface area contributed by atoms with Gasteiger partial charge in [-0.2, -0.15) is 0 Å². The maximum absolute atomic E-state index is 11.9. The van der Waals surface area contributed by atoms with Crippen LogP contribution in [0.5, 0.6) is 0 Å². The molecule has 1 aromatic heterocycles. The highest BCUT2D eigenvalue weighted by molar-refractivity contribution is 5.92. The van der Waals surface area contributed by atoms with E-state index in [2.05, 4.69) is 5.32 Å². The highest BCUT2D eigenvalue weighted by Gasteiger charge is 2.42. The van der Waals surface area contributed by atoms with Gasteiger partial charge in [0.05, 0.1) is 25.0 Å². The Morgan fingerprint density at radius 2 is 2.26 bits per heavy atom. The van der Waals surface area contributed by atoms with E-state index in [1.54, 1.807) is 17.2 Å². The Morgan fingerprint density at radius 3 is 3.00 bits per heavy atom. The molecule has 2 amide bonds. The van der Waals surface area contributed by atoms with Crippen LogP contribution in [0.25, 0.3) is 11.0 Å². The Morgan fingerprint density at radius 1 is 1.47 bits per heavy atom.